The van der Waals surface area contributed by atoms with E-state index < -0.39 is 5.41 Å². The quantitative estimate of drug-likeness (QED) is 0.393. The molecule has 7 heteroatoms. The molecule has 1 spiro atoms. The van der Waals surface area contributed by atoms with Crippen molar-refractivity contribution in [3.05, 3.63) is 83.6 Å². The molecule has 0 atom stereocenters. The van der Waals surface area contributed by atoms with E-state index in [2.05, 4.69) is 99.6 Å². The molecule has 0 amide bonds. The average Bonchev–Trinajstić information content (AvgIpc) is 2.60. The van der Waals surface area contributed by atoms with Crippen molar-refractivity contribution in [1.29, 1.82) is 0 Å². The molecule has 0 fully saturated rings. The second kappa shape index (κ2) is 4.27. The summed E-state index contributed by atoms with van der Waals surface area (Å²) in [5.74, 6) is 0. The van der Waals surface area contributed by atoms with E-state index >= 15 is 0 Å². The van der Waals surface area contributed by atoms with Gasteiger partial charge in [-0.15, -0.1) is 0 Å². The minimum absolute atomic E-state index is 1.22. The molecule has 0 radical (unpaired) electrons. The van der Waals surface area contributed by atoms with E-state index in [0.717, 1.165) is 0 Å². The van der Waals surface area contributed by atoms with Gasteiger partial charge in [-0.1, -0.05) is 0 Å². The second-order valence-electron chi connectivity index (χ2n) is 6.07. The normalized spacial score (nSPS) is 22.5. The zero-order valence-corrected chi connectivity index (χ0v) is 16.1. The topological polar surface area (TPSA) is 12.1 Å². The summed E-state index contributed by atoms with van der Waals surface area (Å²) in [6, 6.07) is 23.2. The van der Waals surface area contributed by atoms with Crippen LogP contribution in [0.3, 0.4) is 0 Å². The number of aromatic nitrogens is 2. The number of fused-ring (bicyclic) bond motifs is 4. The van der Waals surface area contributed by atoms with Crippen LogP contribution in [0.25, 0.3) is 4.51 Å². The van der Waals surface area contributed by atoms with Crippen molar-refractivity contribution in [3.63, 3.8) is 0 Å². The Labute approximate surface area is 152 Å². The Morgan fingerprint density at radius 2 is 1.33 bits per heavy atom. The van der Waals surface area contributed by atoms with Crippen LogP contribution in [0.5, 0.6) is 0 Å². The first-order valence-corrected chi connectivity index (χ1v) is 14.0. The first-order valence-electron chi connectivity index (χ1n) is 7.64. The van der Waals surface area contributed by atoms with Crippen molar-refractivity contribution in [2.45, 2.75) is 10.1 Å². The summed E-state index contributed by atoms with van der Waals surface area (Å²) in [4.78, 5) is 0. The van der Waals surface area contributed by atoms with Crippen LogP contribution < -0.4 is 13.7 Å². The van der Waals surface area contributed by atoms with Gasteiger partial charge in [-0.25, -0.2) is 0 Å². The van der Waals surface area contributed by atoms with Crippen molar-refractivity contribution >= 4 is 45.6 Å². The van der Waals surface area contributed by atoms with Crippen molar-refractivity contribution in [2.75, 3.05) is 0 Å². The number of hydrogen-bond donors (Lipinski definition) is 1. The van der Waals surface area contributed by atoms with Crippen LogP contribution in [0, 0.1) is 5.40 Å². The Morgan fingerprint density at radius 3 is 1.83 bits per heavy atom. The molecule has 1 aromatic carbocycles. The SMILES string of the molecule is SC#[N+][Si-2]12(c3ccccc3)(Sc3cccc[n+]31)Sc1cccc[n+]12. The summed E-state index contributed by atoms with van der Waals surface area (Å²) < 4.78 is 9.85. The molecular formula is C17H14N3S3Si+. The zero-order valence-electron chi connectivity index (χ0n) is 12.6. The van der Waals surface area contributed by atoms with Crippen molar-refractivity contribution in [2.24, 2.45) is 0 Å². The third-order valence-electron chi connectivity index (χ3n) is 5.07. The van der Waals surface area contributed by atoms with Gasteiger partial charge in [-0.3, -0.25) is 0 Å². The van der Waals surface area contributed by atoms with E-state index in [4.69, 9.17) is 4.51 Å². The molecule has 3 nitrogen and oxygen atoms in total. The molecule has 2 aliphatic rings. The number of rotatable bonds is 1. The van der Waals surface area contributed by atoms with Gasteiger partial charge in [-0.05, 0) is 0 Å². The average molecular weight is 385 g/mol. The van der Waals surface area contributed by atoms with Gasteiger partial charge in [0, 0.05) is 0 Å². The molecule has 0 aliphatic carbocycles. The number of benzene rings is 1. The molecule has 118 valence electrons. The van der Waals surface area contributed by atoms with E-state index in [1.54, 1.807) is 0 Å². The van der Waals surface area contributed by atoms with Gasteiger partial charge in [0.1, 0.15) is 0 Å². The molecule has 0 bridgehead atoms. The standard InChI is InChI=1S/C17H14N3S3Si/c21-14-18-24(15-8-2-1-3-9-15,19-12-6-4-10-16(19)22-24)20-13-7-5-11-17(20)23-24/h1-13,21H/q+1. The van der Waals surface area contributed by atoms with E-state index in [1.165, 1.54) is 15.2 Å². The van der Waals surface area contributed by atoms with Gasteiger partial charge < -0.3 is 0 Å². The zero-order chi connectivity index (χ0) is 16.3. The van der Waals surface area contributed by atoms with Crippen LogP contribution in [0.1, 0.15) is 0 Å². The number of pyridine rings is 2. The first-order chi connectivity index (χ1) is 11.7. The number of nitrogens with zero attached hydrogens (tertiary/aromatic N) is 3. The summed E-state index contributed by atoms with van der Waals surface area (Å²) >= 11 is 8.04. The predicted octanol–water partition coefficient (Wildman–Crippen LogP) is 2.84. The fraction of sp³-hybridized carbons (Fsp3) is 0. The summed E-state index contributed by atoms with van der Waals surface area (Å²) in [6.07, 6.45) is 4.29. The van der Waals surface area contributed by atoms with Crippen molar-refractivity contribution in [3.8, 4) is 5.40 Å². The van der Waals surface area contributed by atoms with Crippen LogP contribution in [-0.2, 0) is 0 Å². The Kier molecular flexibility index (Phi) is 2.60. The Balaban J connectivity index is 2.05. The van der Waals surface area contributed by atoms with Gasteiger partial charge in [0.15, 0.2) is 0 Å². The van der Waals surface area contributed by atoms with Gasteiger partial charge in [0.05, 0.1) is 0 Å². The number of hydrogen-bond acceptors (Lipinski definition) is 3. The molecular weight excluding hydrogens is 370 g/mol. The maximum atomic E-state index is 5.10. The van der Waals surface area contributed by atoms with Crippen molar-refractivity contribution < 1.29 is 8.47 Å². The summed E-state index contributed by atoms with van der Waals surface area (Å²) in [6.45, 7) is 0. The molecule has 2 aromatic heterocycles. The van der Waals surface area contributed by atoms with E-state index in [0.29, 0.717) is 0 Å². The Bertz CT molecular complexity index is 1040. The molecule has 0 unspecified atom stereocenters. The Hall–Kier alpha value is -1.72. The molecule has 3 aromatic rings. The number of thiocyanates is 1. The van der Waals surface area contributed by atoms with E-state index in [-0.39, 0.29) is 0 Å². The fourth-order valence-corrected chi connectivity index (χ4v) is 23.5. The monoisotopic (exact) mass is 384 g/mol. The Morgan fingerprint density at radius 1 is 0.792 bits per heavy atom. The van der Waals surface area contributed by atoms with Crippen LogP contribution in [0.2, 0.25) is 0 Å². The molecule has 0 N–H and O–H groups in total. The predicted molar refractivity (Wildman–Crippen MR) is 104 cm³/mol. The number of thiol groups is 1. The van der Waals surface area contributed by atoms with Crippen molar-refractivity contribution in [1.82, 2.24) is 0 Å². The van der Waals surface area contributed by atoms with Crippen LogP contribution >= 0.6 is 35.1 Å². The molecule has 24 heavy (non-hydrogen) atoms. The molecule has 4 heterocycles. The first kappa shape index (κ1) is 14.6. The van der Waals surface area contributed by atoms with Crippen LogP contribution in [0.15, 0.2) is 89.2 Å². The third kappa shape index (κ3) is 1.23. The van der Waals surface area contributed by atoms with Crippen LogP contribution in [-0.4, -0.2) is 5.41 Å². The van der Waals surface area contributed by atoms with Crippen LogP contribution in [0.4, 0.5) is 0 Å². The van der Waals surface area contributed by atoms with Gasteiger partial charge in [0.2, 0.25) is 0 Å². The van der Waals surface area contributed by atoms with Gasteiger partial charge in [-0.2, -0.15) is 0 Å². The molecule has 0 saturated carbocycles. The maximum absolute atomic E-state index is 5.10. The summed E-state index contributed by atoms with van der Waals surface area (Å²) in [5.41, 5.74) is -4.04. The second-order valence-corrected chi connectivity index (χ2v) is 20.0. The van der Waals surface area contributed by atoms with E-state index in [1.807, 2.05) is 28.5 Å². The summed E-state index contributed by atoms with van der Waals surface area (Å²) in [5, 5.41) is 6.53. The van der Waals surface area contributed by atoms with E-state index in [9.17, 15) is 0 Å². The molecule has 0 saturated heterocycles. The van der Waals surface area contributed by atoms with Gasteiger partial charge >= 0.3 is 153 Å². The molecule has 2 aliphatic heterocycles. The van der Waals surface area contributed by atoms with Gasteiger partial charge in [0.25, 0.3) is 0 Å². The summed E-state index contributed by atoms with van der Waals surface area (Å²) in [7, 11) is 0. The fourth-order valence-electron chi connectivity index (χ4n) is 4.09. The molecule has 5 rings (SSSR count). The third-order valence-corrected chi connectivity index (χ3v) is 22.6. The minimum atomic E-state index is -4.04.